The fourth-order valence-electron chi connectivity index (χ4n) is 0.928. The zero-order valence-electron chi connectivity index (χ0n) is 6.84. The monoisotopic (exact) mass is 192 g/mol. The zero-order valence-corrected chi connectivity index (χ0v) is 7.66. The van der Waals surface area contributed by atoms with E-state index in [0.29, 0.717) is 0 Å². The Kier molecular flexibility index (Phi) is 2.47. The molecule has 0 aromatic carbocycles. The van der Waals surface area contributed by atoms with Gasteiger partial charge in [-0.1, -0.05) is 11.3 Å². The Balaban J connectivity index is 1.94. The summed E-state index contributed by atoms with van der Waals surface area (Å²) in [6.07, 6.45) is 3.55. The van der Waals surface area contributed by atoms with Crippen LogP contribution in [-0.2, 0) is 6.54 Å². The van der Waals surface area contributed by atoms with Gasteiger partial charge >= 0.3 is 0 Å². The second-order valence-corrected chi connectivity index (χ2v) is 3.29. The summed E-state index contributed by atoms with van der Waals surface area (Å²) >= 11 is 1.49. The molecule has 0 aliphatic heterocycles. The van der Waals surface area contributed by atoms with Crippen LogP contribution in [0.1, 0.15) is 5.56 Å². The van der Waals surface area contributed by atoms with Gasteiger partial charge in [-0.15, -0.1) is 10.2 Å². The number of nitrogens with zero attached hydrogens (tertiary/aromatic N) is 3. The molecule has 5 heteroatoms. The second-order valence-electron chi connectivity index (χ2n) is 2.45. The quantitative estimate of drug-likeness (QED) is 0.801. The van der Waals surface area contributed by atoms with Crippen LogP contribution in [0.25, 0.3) is 0 Å². The lowest BCUT2D eigenvalue weighted by atomic mass is 10.3. The maximum atomic E-state index is 3.94. The molecule has 0 saturated heterocycles. The maximum Gasteiger partial charge on any atom is 0.205 e. The summed E-state index contributed by atoms with van der Waals surface area (Å²) in [7, 11) is 0. The number of rotatable bonds is 3. The molecule has 2 heterocycles. The molecule has 2 aromatic heterocycles. The first-order chi connectivity index (χ1) is 6.45. The summed E-state index contributed by atoms with van der Waals surface area (Å²) < 4.78 is 0. The molecule has 0 bridgehead atoms. The lowest BCUT2D eigenvalue weighted by molar-refractivity contribution is 1.05. The topological polar surface area (TPSA) is 50.7 Å². The molecule has 4 nitrogen and oxygen atoms in total. The predicted molar refractivity (Wildman–Crippen MR) is 51.5 cm³/mol. The van der Waals surface area contributed by atoms with E-state index in [4.69, 9.17) is 0 Å². The van der Waals surface area contributed by atoms with Crippen molar-refractivity contribution in [1.29, 1.82) is 0 Å². The van der Waals surface area contributed by atoms with Crippen LogP contribution < -0.4 is 5.32 Å². The molecule has 0 aliphatic carbocycles. The molecule has 2 rings (SSSR count). The van der Waals surface area contributed by atoms with E-state index in [9.17, 15) is 0 Å². The van der Waals surface area contributed by atoms with E-state index < -0.39 is 0 Å². The standard InChI is InChI=1S/C8H8N4S/c1-3-9-4-2-7(1)5-10-8-12-11-6-13-8/h1-4,6H,5H2,(H,10,12). The van der Waals surface area contributed by atoms with Crippen LogP contribution in [0.2, 0.25) is 0 Å². The first-order valence-corrected chi connectivity index (χ1v) is 4.72. The first kappa shape index (κ1) is 8.12. The Bertz CT molecular complexity index is 346. The van der Waals surface area contributed by atoms with Crippen molar-refractivity contribution in [2.45, 2.75) is 6.54 Å². The molecular weight excluding hydrogens is 184 g/mol. The molecule has 0 unspecified atom stereocenters. The van der Waals surface area contributed by atoms with Gasteiger partial charge in [0, 0.05) is 18.9 Å². The molecule has 0 spiro atoms. The Morgan fingerprint density at radius 3 is 2.85 bits per heavy atom. The van der Waals surface area contributed by atoms with Crippen molar-refractivity contribution in [3.8, 4) is 0 Å². The zero-order chi connectivity index (χ0) is 8.93. The average molecular weight is 192 g/mol. The summed E-state index contributed by atoms with van der Waals surface area (Å²) in [4.78, 5) is 3.94. The van der Waals surface area contributed by atoms with Gasteiger partial charge in [-0.05, 0) is 17.7 Å². The maximum absolute atomic E-state index is 3.94. The second kappa shape index (κ2) is 3.95. The van der Waals surface area contributed by atoms with Gasteiger partial charge in [0.05, 0.1) is 0 Å². The molecule has 0 amide bonds. The lowest BCUT2D eigenvalue weighted by Crippen LogP contribution is -1.98. The highest BCUT2D eigenvalue weighted by Crippen LogP contribution is 2.09. The van der Waals surface area contributed by atoms with Crippen molar-refractivity contribution in [2.75, 3.05) is 5.32 Å². The Morgan fingerprint density at radius 2 is 2.15 bits per heavy atom. The van der Waals surface area contributed by atoms with E-state index in [2.05, 4.69) is 20.5 Å². The Labute approximate surface area is 79.7 Å². The van der Waals surface area contributed by atoms with Gasteiger partial charge in [-0.25, -0.2) is 0 Å². The van der Waals surface area contributed by atoms with Crippen LogP contribution in [0.3, 0.4) is 0 Å². The molecule has 0 atom stereocenters. The molecule has 0 aliphatic rings. The number of aromatic nitrogens is 3. The summed E-state index contributed by atoms with van der Waals surface area (Å²) in [6, 6.07) is 3.93. The molecule has 0 fully saturated rings. The van der Waals surface area contributed by atoms with E-state index in [0.717, 1.165) is 11.7 Å². The highest BCUT2D eigenvalue weighted by atomic mass is 32.1. The minimum atomic E-state index is 0.762. The number of hydrogen-bond acceptors (Lipinski definition) is 5. The Morgan fingerprint density at radius 1 is 1.31 bits per heavy atom. The highest BCUT2D eigenvalue weighted by Gasteiger charge is 1.94. The van der Waals surface area contributed by atoms with Crippen molar-refractivity contribution >= 4 is 16.5 Å². The van der Waals surface area contributed by atoms with Crippen LogP contribution in [-0.4, -0.2) is 15.2 Å². The normalized spacial score (nSPS) is 9.85. The van der Waals surface area contributed by atoms with Crippen molar-refractivity contribution in [1.82, 2.24) is 15.2 Å². The first-order valence-electron chi connectivity index (χ1n) is 3.84. The van der Waals surface area contributed by atoms with Crippen LogP contribution in [0.15, 0.2) is 30.0 Å². The SMILES string of the molecule is c1cc(CNc2nncs2)ccn1. The fraction of sp³-hybridized carbons (Fsp3) is 0.125. The minimum Gasteiger partial charge on any atom is -0.356 e. The van der Waals surface area contributed by atoms with Crippen LogP contribution >= 0.6 is 11.3 Å². The molecule has 13 heavy (non-hydrogen) atoms. The number of nitrogens with one attached hydrogen (secondary N) is 1. The fourth-order valence-corrected chi connectivity index (χ4v) is 1.37. The van der Waals surface area contributed by atoms with Gasteiger partial charge in [0.25, 0.3) is 0 Å². The van der Waals surface area contributed by atoms with E-state index in [1.807, 2.05) is 12.1 Å². The highest BCUT2D eigenvalue weighted by molar-refractivity contribution is 7.13. The minimum absolute atomic E-state index is 0.762. The third-order valence-electron chi connectivity index (χ3n) is 1.55. The average Bonchev–Trinajstić information content (AvgIpc) is 2.69. The van der Waals surface area contributed by atoms with Gasteiger partial charge < -0.3 is 5.32 Å². The van der Waals surface area contributed by atoms with Crippen molar-refractivity contribution < 1.29 is 0 Å². The van der Waals surface area contributed by atoms with Gasteiger partial charge in [-0.2, -0.15) is 0 Å². The smallest absolute Gasteiger partial charge is 0.205 e. The van der Waals surface area contributed by atoms with Crippen LogP contribution in [0, 0.1) is 0 Å². The van der Waals surface area contributed by atoms with Gasteiger partial charge in [0.2, 0.25) is 5.13 Å². The molecule has 0 saturated carbocycles. The van der Waals surface area contributed by atoms with E-state index in [1.54, 1.807) is 17.9 Å². The number of pyridine rings is 1. The van der Waals surface area contributed by atoms with E-state index in [-0.39, 0.29) is 0 Å². The summed E-state index contributed by atoms with van der Waals surface area (Å²) in [5.74, 6) is 0. The molecular formula is C8H8N4S. The number of anilines is 1. The summed E-state index contributed by atoms with van der Waals surface area (Å²) in [6.45, 7) is 0.762. The largest absolute Gasteiger partial charge is 0.356 e. The third kappa shape index (κ3) is 2.22. The van der Waals surface area contributed by atoms with Crippen LogP contribution in [0.4, 0.5) is 5.13 Å². The van der Waals surface area contributed by atoms with Crippen molar-refractivity contribution in [3.63, 3.8) is 0 Å². The van der Waals surface area contributed by atoms with Crippen LogP contribution in [0.5, 0.6) is 0 Å². The van der Waals surface area contributed by atoms with E-state index >= 15 is 0 Å². The predicted octanol–water partition coefficient (Wildman–Crippen LogP) is 1.55. The van der Waals surface area contributed by atoms with Crippen molar-refractivity contribution in [2.24, 2.45) is 0 Å². The van der Waals surface area contributed by atoms with Gasteiger partial charge in [0.1, 0.15) is 5.51 Å². The Hall–Kier alpha value is -1.49. The lowest BCUT2D eigenvalue weighted by Gasteiger charge is -2.00. The molecule has 66 valence electrons. The summed E-state index contributed by atoms with van der Waals surface area (Å²) in [5, 5.41) is 11.6. The summed E-state index contributed by atoms with van der Waals surface area (Å²) in [5.41, 5.74) is 2.89. The number of hydrogen-bond donors (Lipinski definition) is 1. The van der Waals surface area contributed by atoms with Crippen molar-refractivity contribution in [3.05, 3.63) is 35.6 Å². The van der Waals surface area contributed by atoms with E-state index in [1.165, 1.54) is 16.9 Å². The van der Waals surface area contributed by atoms with Gasteiger partial charge in [0.15, 0.2) is 0 Å². The molecule has 2 aromatic rings. The molecule has 0 radical (unpaired) electrons. The van der Waals surface area contributed by atoms with Gasteiger partial charge in [-0.3, -0.25) is 4.98 Å². The molecule has 1 N–H and O–H groups in total. The third-order valence-corrected chi connectivity index (χ3v) is 2.20.